The number of ether oxygens (including phenoxy) is 2. The maximum atomic E-state index is 12.0. The minimum absolute atomic E-state index is 0.122. The molecule has 0 spiro atoms. The van der Waals surface area contributed by atoms with Crippen molar-refractivity contribution in [2.75, 3.05) is 13.7 Å². The Kier molecular flexibility index (Phi) is 6.20. The molecule has 0 bridgehead atoms. The molecule has 0 aliphatic heterocycles. The molecule has 1 aromatic carbocycles. The molecule has 1 heterocycles. The second-order valence-electron chi connectivity index (χ2n) is 5.38. The summed E-state index contributed by atoms with van der Waals surface area (Å²) in [4.78, 5) is 12.0. The maximum Gasteiger partial charge on any atom is 0.273 e. The Morgan fingerprint density at radius 3 is 2.83 bits per heavy atom. The normalized spacial score (nSPS) is 11.8. The lowest BCUT2D eigenvalue weighted by atomic mass is 10.2. The van der Waals surface area contributed by atoms with E-state index in [1.807, 2.05) is 32.0 Å². The summed E-state index contributed by atoms with van der Waals surface area (Å²) in [6, 6.07) is 6.81. The summed E-state index contributed by atoms with van der Waals surface area (Å²) >= 11 is 0. The average Bonchev–Trinajstić information content (AvgIpc) is 3.07. The van der Waals surface area contributed by atoms with Gasteiger partial charge in [0, 0.05) is 6.07 Å². The zero-order valence-corrected chi connectivity index (χ0v) is 14.0. The topological polar surface area (TPSA) is 93.8 Å². The highest BCUT2D eigenvalue weighted by molar-refractivity contribution is 5.92. The van der Waals surface area contributed by atoms with Gasteiger partial charge in [0.05, 0.1) is 19.8 Å². The van der Waals surface area contributed by atoms with Crippen LogP contribution in [0.1, 0.15) is 35.2 Å². The molecule has 0 radical (unpaired) electrons. The zero-order valence-electron chi connectivity index (χ0n) is 14.0. The van der Waals surface area contributed by atoms with Crippen molar-refractivity contribution in [3.8, 4) is 11.5 Å². The molecule has 1 amide bonds. The third kappa shape index (κ3) is 4.48. The zero-order chi connectivity index (χ0) is 17.5. The molecule has 24 heavy (non-hydrogen) atoms. The lowest BCUT2D eigenvalue weighted by Gasteiger charge is -2.12. The molecule has 2 rings (SSSR count). The first kappa shape index (κ1) is 17.8. The molecule has 130 valence electrons. The Morgan fingerprint density at radius 2 is 2.17 bits per heavy atom. The van der Waals surface area contributed by atoms with Crippen LogP contribution in [0.15, 0.2) is 28.8 Å². The number of rotatable bonds is 8. The van der Waals surface area contributed by atoms with Gasteiger partial charge in [0.2, 0.25) is 0 Å². The van der Waals surface area contributed by atoms with Gasteiger partial charge in [-0.2, -0.15) is 0 Å². The van der Waals surface area contributed by atoms with Gasteiger partial charge in [0.15, 0.2) is 23.0 Å². The van der Waals surface area contributed by atoms with Crippen LogP contribution in [0, 0.1) is 6.92 Å². The molecule has 0 aliphatic carbocycles. The second-order valence-corrected chi connectivity index (χ2v) is 5.38. The SMILES string of the molecule is CC[C@H](CO)NC(=O)c1cc(COc2ccc(C)cc2OC)on1. The van der Waals surface area contributed by atoms with Crippen LogP contribution in [0.4, 0.5) is 0 Å². The lowest BCUT2D eigenvalue weighted by molar-refractivity contribution is 0.0905. The highest BCUT2D eigenvalue weighted by Gasteiger charge is 2.16. The molecule has 2 aromatic rings. The number of nitrogens with zero attached hydrogens (tertiary/aromatic N) is 1. The summed E-state index contributed by atoms with van der Waals surface area (Å²) in [7, 11) is 1.57. The van der Waals surface area contributed by atoms with Crippen molar-refractivity contribution >= 4 is 5.91 Å². The fraction of sp³-hybridized carbons (Fsp3) is 0.412. The van der Waals surface area contributed by atoms with Crippen LogP contribution in [0.3, 0.4) is 0 Å². The predicted octanol–water partition coefficient (Wildman–Crippen LogP) is 2.07. The van der Waals surface area contributed by atoms with E-state index in [1.165, 1.54) is 6.07 Å². The van der Waals surface area contributed by atoms with Gasteiger partial charge < -0.3 is 24.4 Å². The van der Waals surface area contributed by atoms with Gasteiger partial charge in [-0.15, -0.1) is 0 Å². The second kappa shape index (κ2) is 8.35. The number of hydrogen-bond acceptors (Lipinski definition) is 6. The van der Waals surface area contributed by atoms with Gasteiger partial charge in [-0.3, -0.25) is 4.79 Å². The Morgan fingerprint density at radius 1 is 1.38 bits per heavy atom. The fourth-order valence-corrected chi connectivity index (χ4v) is 2.07. The van der Waals surface area contributed by atoms with Crippen LogP contribution in [0.2, 0.25) is 0 Å². The first-order valence-corrected chi connectivity index (χ1v) is 7.72. The number of aromatic nitrogens is 1. The number of benzene rings is 1. The number of nitrogens with one attached hydrogen (secondary N) is 1. The van der Waals surface area contributed by atoms with Crippen LogP contribution < -0.4 is 14.8 Å². The number of amides is 1. The third-order valence-corrected chi connectivity index (χ3v) is 3.53. The Hall–Kier alpha value is -2.54. The van der Waals surface area contributed by atoms with Gasteiger partial charge in [-0.1, -0.05) is 18.1 Å². The smallest absolute Gasteiger partial charge is 0.273 e. The van der Waals surface area contributed by atoms with E-state index < -0.39 is 0 Å². The first-order chi connectivity index (χ1) is 11.6. The van der Waals surface area contributed by atoms with Crippen LogP contribution in [-0.2, 0) is 6.61 Å². The van der Waals surface area contributed by atoms with E-state index in [2.05, 4.69) is 10.5 Å². The van der Waals surface area contributed by atoms with E-state index in [0.29, 0.717) is 23.7 Å². The Balaban J connectivity index is 1.98. The van der Waals surface area contributed by atoms with Crippen LogP contribution >= 0.6 is 0 Å². The highest BCUT2D eigenvalue weighted by Crippen LogP contribution is 2.28. The molecular weight excluding hydrogens is 312 g/mol. The molecule has 0 saturated carbocycles. The van der Waals surface area contributed by atoms with E-state index >= 15 is 0 Å². The summed E-state index contributed by atoms with van der Waals surface area (Å²) in [5.74, 6) is 1.23. The summed E-state index contributed by atoms with van der Waals surface area (Å²) in [5, 5.41) is 15.5. The monoisotopic (exact) mass is 334 g/mol. The van der Waals surface area contributed by atoms with Crippen LogP contribution in [-0.4, -0.2) is 35.9 Å². The number of carbonyl (C=O) groups excluding carboxylic acids is 1. The molecule has 1 atom stereocenters. The number of aliphatic hydroxyl groups is 1. The largest absolute Gasteiger partial charge is 0.493 e. The first-order valence-electron chi connectivity index (χ1n) is 7.72. The molecule has 0 saturated heterocycles. The number of carbonyl (C=O) groups is 1. The predicted molar refractivity (Wildman–Crippen MR) is 87.2 cm³/mol. The van der Waals surface area contributed by atoms with Crippen molar-refractivity contribution in [3.05, 3.63) is 41.3 Å². The van der Waals surface area contributed by atoms with Crippen molar-refractivity contribution < 1.29 is 23.9 Å². The molecule has 0 fully saturated rings. The van der Waals surface area contributed by atoms with Crippen molar-refractivity contribution in [3.63, 3.8) is 0 Å². The lowest BCUT2D eigenvalue weighted by Crippen LogP contribution is -2.37. The molecule has 0 aliphatic rings. The van der Waals surface area contributed by atoms with Gasteiger partial charge >= 0.3 is 0 Å². The van der Waals surface area contributed by atoms with E-state index in [4.69, 9.17) is 19.1 Å². The molecule has 7 nitrogen and oxygen atoms in total. The molecule has 7 heteroatoms. The van der Waals surface area contributed by atoms with E-state index in [9.17, 15) is 4.79 Å². The molecule has 0 unspecified atom stereocenters. The van der Waals surface area contributed by atoms with Gasteiger partial charge in [-0.25, -0.2) is 0 Å². The van der Waals surface area contributed by atoms with Gasteiger partial charge in [-0.05, 0) is 31.0 Å². The highest BCUT2D eigenvalue weighted by atomic mass is 16.5. The summed E-state index contributed by atoms with van der Waals surface area (Å²) in [5.41, 5.74) is 1.21. The van der Waals surface area contributed by atoms with Crippen LogP contribution in [0.25, 0.3) is 0 Å². The molecular formula is C17H22N2O5. The Labute approximate surface area is 140 Å². The number of hydrogen-bond donors (Lipinski definition) is 2. The maximum absolute atomic E-state index is 12.0. The Bertz CT molecular complexity index is 679. The van der Waals surface area contributed by atoms with Crippen molar-refractivity contribution in [2.45, 2.75) is 32.9 Å². The summed E-state index contributed by atoms with van der Waals surface area (Å²) in [6.45, 7) is 3.84. The quantitative estimate of drug-likeness (QED) is 0.767. The van der Waals surface area contributed by atoms with Gasteiger partial charge in [0.25, 0.3) is 5.91 Å². The van der Waals surface area contributed by atoms with E-state index in [-0.39, 0.29) is 30.9 Å². The summed E-state index contributed by atoms with van der Waals surface area (Å²) < 4.78 is 16.0. The van der Waals surface area contributed by atoms with Crippen molar-refractivity contribution in [1.82, 2.24) is 10.5 Å². The minimum atomic E-state index is -0.390. The standard InChI is InChI=1S/C17H22N2O5/c1-4-12(9-20)18-17(21)14-8-13(24-19-14)10-23-15-6-5-11(2)7-16(15)22-3/h5-8,12,20H,4,9-10H2,1-3H3,(H,18,21)/t12-/m1/s1. The van der Waals surface area contributed by atoms with E-state index in [0.717, 1.165) is 5.56 Å². The van der Waals surface area contributed by atoms with E-state index in [1.54, 1.807) is 7.11 Å². The number of methoxy groups -OCH3 is 1. The van der Waals surface area contributed by atoms with Crippen molar-refractivity contribution in [1.29, 1.82) is 0 Å². The molecule has 1 aromatic heterocycles. The number of aliphatic hydroxyl groups excluding tert-OH is 1. The van der Waals surface area contributed by atoms with Gasteiger partial charge in [0.1, 0.15) is 6.61 Å². The van der Waals surface area contributed by atoms with Crippen LogP contribution in [0.5, 0.6) is 11.5 Å². The average molecular weight is 334 g/mol. The number of aryl methyl sites for hydroxylation is 1. The minimum Gasteiger partial charge on any atom is -0.493 e. The van der Waals surface area contributed by atoms with Crippen molar-refractivity contribution in [2.24, 2.45) is 0 Å². The molecule has 2 N–H and O–H groups in total. The summed E-state index contributed by atoms with van der Waals surface area (Å²) in [6.07, 6.45) is 0.628. The third-order valence-electron chi connectivity index (χ3n) is 3.53. The fourth-order valence-electron chi connectivity index (χ4n) is 2.07.